The Labute approximate surface area is 115 Å². The van der Waals surface area contributed by atoms with Crippen molar-refractivity contribution < 1.29 is 0 Å². The quantitative estimate of drug-likeness (QED) is 0.660. The minimum atomic E-state index is 0.758. The summed E-state index contributed by atoms with van der Waals surface area (Å²) >= 11 is 2.32. The van der Waals surface area contributed by atoms with E-state index in [1.807, 2.05) is 24.3 Å². The number of para-hydroxylation sites is 1. The van der Waals surface area contributed by atoms with Crippen LogP contribution in [0.25, 0.3) is 0 Å². The number of nitrogens with two attached hydrogens (primary N) is 1. The van der Waals surface area contributed by atoms with Gasteiger partial charge in [0.25, 0.3) is 0 Å². The van der Waals surface area contributed by atoms with Crippen LogP contribution in [0.15, 0.2) is 42.5 Å². The topological polar surface area (TPSA) is 38.0 Å². The van der Waals surface area contributed by atoms with Crippen LogP contribution < -0.4 is 11.1 Å². The molecule has 0 unspecified atom stereocenters. The van der Waals surface area contributed by atoms with Crippen LogP contribution in [-0.2, 0) is 6.54 Å². The van der Waals surface area contributed by atoms with E-state index >= 15 is 0 Å². The first-order chi connectivity index (χ1) is 8.16. The molecule has 2 aromatic rings. The summed E-state index contributed by atoms with van der Waals surface area (Å²) in [7, 11) is 0. The molecule has 0 radical (unpaired) electrons. The number of nitrogen functional groups attached to an aromatic ring is 1. The summed E-state index contributed by atoms with van der Waals surface area (Å²) in [6.07, 6.45) is 0. The fraction of sp³-hybridized carbons (Fsp3) is 0.143. The third kappa shape index (κ3) is 3.12. The molecule has 2 rings (SSSR count). The standard InChI is InChI=1S/C14H15IN2/c1-10-8-12(15)6-7-14(10)17-9-11-4-2-3-5-13(11)16/h2-8,17H,9,16H2,1H3. The van der Waals surface area contributed by atoms with Gasteiger partial charge < -0.3 is 11.1 Å². The average Bonchev–Trinajstić information content (AvgIpc) is 2.30. The van der Waals surface area contributed by atoms with Crippen LogP contribution in [0.4, 0.5) is 11.4 Å². The predicted molar refractivity (Wildman–Crippen MR) is 82.1 cm³/mol. The second kappa shape index (κ2) is 5.40. The number of aryl methyl sites for hydroxylation is 1. The zero-order valence-corrected chi connectivity index (χ0v) is 11.9. The molecule has 0 amide bonds. The van der Waals surface area contributed by atoms with Crippen LogP contribution in [0, 0.1) is 10.5 Å². The molecule has 0 aliphatic heterocycles. The van der Waals surface area contributed by atoms with Gasteiger partial charge in [0.15, 0.2) is 0 Å². The molecule has 0 aliphatic rings. The van der Waals surface area contributed by atoms with Crippen molar-refractivity contribution in [3.05, 3.63) is 57.2 Å². The predicted octanol–water partition coefficient (Wildman–Crippen LogP) is 3.79. The molecule has 0 spiro atoms. The smallest absolute Gasteiger partial charge is 0.0421 e. The van der Waals surface area contributed by atoms with E-state index < -0.39 is 0 Å². The summed E-state index contributed by atoms with van der Waals surface area (Å²) in [6.45, 7) is 2.87. The molecule has 2 nitrogen and oxygen atoms in total. The fourth-order valence-electron chi connectivity index (χ4n) is 1.71. The number of benzene rings is 2. The van der Waals surface area contributed by atoms with Crippen molar-refractivity contribution in [2.24, 2.45) is 0 Å². The lowest BCUT2D eigenvalue weighted by Gasteiger charge is -2.11. The van der Waals surface area contributed by atoms with Gasteiger partial charge in [-0.2, -0.15) is 0 Å². The van der Waals surface area contributed by atoms with Crippen molar-refractivity contribution in [2.75, 3.05) is 11.1 Å². The number of hydrogen-bond donors (Lipinski definition) is 2. The summed E-state index contributed by atoms with van der Waals surface area (Å²) in [5, 5.41) is 3.41. The fourth-order valence-corrected chi connectivity index (χ4v) is 2.36. The molecular weight excluding hydrogens is 323 g/mol. The second-order valence-corrected chi connectivity index (χ2v) is 5.26. The third-order valence-corrected chi connectivity index (χ3v) is 3.38. The lowest BCUT2D eigenvalue weighted by atomic mass is 10.1. The molecule has 3 N–H and O–H groups in total. The van der Waals surface area contributed by atoms with Crippen molar-refractivity contribution in [3.8, 4) is 0 Å². The van der Waals surface area contributed by atoms with E-state index in [-0.39, 0.29) is 0 Å². The summed E-state index contributed by atoms with van der Waals surface area (Å²) < 4.78 is 1.25. The van der Waals surface area contributed by atoms with Crippen molar-refractivity contribution in [2.45, 2.75) is 13.5 Å². The number of anilines is 2. The highest BCUT2D eigenvalue weighted by atomic mass is 127. The van der Waals surface area contributed by atoms with Gasteiger partial charge in [-0.3, -0.25) is 0 Å². The molecule has 0 atom stereocenters. The van der Waals surface area contributed by atoms with Crippen LogP contribution in [0.1, 0.15) is 11.1 Å². The summed E-state index contributed by atoms with van der Waals surface area (Å²) in [5.41, 5.74) is 10.3. The van der Waals surface area contributed by atoms with Gasteiger partial charge in [0.2, 0.25) is 0 Å². The highest BCUT2D eigenvalue weighted by molar-refractivity contribution is 14.1. The van der Waals surface area contributed by atoms with Crippen LogP contribution in [0.3, 0.4) is 0 Å². The van der Waals surface area contributed by atoms with Crippen molar-refractivity contribution >= 4 is 34.0 Å². The summed E-state index contributed by atoms with van der Waals surface area (Å²) in [4.78, 5) is 0. The van der Waals surface area contributed by atoms with E-state index in [0.29, 0.717) is 0 Å². The average molecular weight is 338 g/mol. The van der Waals surface area contributed by atoms with Crippen LogP contribution >= 0.6 is 22.6 Å². The summed E-state index contributed by atoms with van der Waals surface area (Å²) in [5.74, 6) is 0. The molecule has 17 heavy (non-hydrogen) atoms. The lowest BCUT2D eigenvalue weighted by Crippen LogP contribution is -2.03. The van der Waals surface area contributed by atoms with Gasteiger partial charge in [0.05, 0.1) is 0 Å². The molecule has 0 bridgehead atoms. The van der Waals surface area contributed by atoms with Gasteiger partial charge in [0.1, 0.15) is 0 Å². The first-order valence-electron chi connectivity index (χ1n) is 5.50. The molecule has 3 heteroatoms. The molecule has 0 saturated carbocycles. The Morgan fingerprint density at radius 1 is 1.18 bits per heavy atom. The number of hydrogen-bond acceptors (Lipinski definition) is 2. The molecular formula is C14H15IN2. The van der Waals surface area contributed by atoms with E-state index in [1.54, 1.807) is 0 Å². The van der Waals surface area contributed by atoms with E-state index in [1.165, 1.54) is 9.13 Å². The van der Waals surface area contributed by atoms with Gasteiger partial charge in [-0.15, -0.1) is 0 Å². The van der Waals surface area contributed by atoms with Crippen molar-refractivity contribution in [1.29, 1.82) is 0 Å². The molecule has 88 valence electrons. The Balaban J connectivity index is 2.10. The van der Waals surface area contributed by atoms with Gasteiger partial charge in [0, 0.05) is 21.5 Å². The maximum absolute atomic E-state index is 5.91. The monoisotopic (exact) mass is 338 g/mol. The van der Waals surface area contributed by atoms with E-state index in [2.05, 4.69) is 53.0 Å². The molecule has 0 saturated heterocycles. The minimum absolute atomic E-state index is 0.758. The molecule has 0 heterocycles. The van der Waals surface area contributed by atoms with Gasteiger partial charge in [-0.25, -0.2) is 0 Å². The number of rotatable bonds is 3. The van der Waals surface area contributed by atoms with Crippen LogP contribution in [-0.4, -0.2) is 0 Å². The Morgan fingerprint density at radius 3 is 2.65 bits per heavy atom. The molecule has 0 aromatic heterocycles. The molecule has 2 aromatic carbocycles. The normalized spacial score (nSPS) is 10.2. The molecule has 0 aliphatic carbocycles. The van der Waals surface area contributed by atoms with E-state index in [9.17, 15) is 0 Å². The van der Waals surface area contributed by atoms with Gasteiger partial charge in [-0.1, -0.05) is 18.2 Å². The Hall–Kier alpha value is -1.23. The third-order valence-electron chi connectivity index (χ3n) is 2.71. The highest BCUT2D eigenvalue weighted by Crippen LogP contribution is 2.19. The number of nitrogens with one attached hydrogen (secondary N) is 1. The first kappa shape index (κ1) is 12.2. The maximum atomic E-state index is 5.91. The highest BCUT2D eigenvalue weighted by Gasteiger charge is 2.00. The summed E-state index contributed by atoms with van der Waals surface area (Å²) in [6, 6.07) is 14.3. The zero-order chi connectivity index (χ0) is 12.3. The minimum Gasteiger partial charge on any atom is -0.398 e. The lowest BCUT2D eigenvalue weighted by molar-refractivity contribution is 1.14. The number of halogens is 1. The Morgan fingerprint density at radius 2 is 1.94 bits per heavy atom. The second-order valence-electron chi connectivity index (χ2n) is 4.01. The van der Waals surface area contributed by atoms with Gasteiger partial charge in [-0.05, 0) is 64.9 Å². The maximum Gasteiger partial charge on any atom is 0.0421 e. The zero-order valence-electron chi connectivity index (χ0n) is 9.70. The Kier molecular flexibility index (Phi) is 3.89. The largest absolute Gasteiger partial charge is 0.398 e. The van der Waals surface area contributed by atoms with Crippen LogP contribution in [0.5, 0.6) is 0 Å². The van der Waals surface area contributed by atoms with Crippen molar-refractivity contribution in [1.82, 2.24) is 0 Å². The SMILES string of the molecule is Cc1cc(I)ccc1NCc1ccccc1N. The Bertz CT molecular complexity index is 523. The van der Waals surface area contributed by atoms with Crippen LogP contribution in [0.2, 0.25) is 0 Å². The van der Waals surface area contributed by atoms with E-state index in [4.69, 9.17) is 5.73 Å². The van der Waals surface area contributed by atoms with Gasteiger partial charge >= 0.3 is 0 Å². The van der Waals surface area contributed by atoms with Crippen molar-refractivity contribution in [3.63, 3.8) is 0 Å². The van der Waals surface area contributed by atoms with E-state index in [0.717, 1.165) is 23.5 Å². The first-order valence-corrected chi connectivity index (χ1v) is 6.58. The molecule has 0 fully saturated rings.